The van der Waals surface area contributed by atoms with E-state index in [9.17, 15) is 0 Å². The first-order valence-electron chi connectivity index (χ1n) is 24.7. The van der Waals surface area contributed by atoms with Gasteiger partial charge in [0.1, 0.15) is 16.8 Å². The van der Waals surface area contributed by atoms with Crippen molar-refractivity contribution in [1.29, 1.82) is 0 Å². The monoisotopic (exact) mass is 934 g/mol. The maximum Gasteiger partial charge on any atom is 0.179 e. The minimum Gasteiger partial charge on any atom is -0.456 e. The van der Waals surface area contributed by atoms with Gasteiger partial charge in [-0.2, -0.15) is 0 Å². The van der Waals surface area contributed by atoms with E-state index in [0.29, 0.717) is 0 Å². The van der Waals surface area contributed by atoms with Crippen molar-refractivity contribution in [3.8, 4) is 44.8 Å². The first-order valence-corrected chi connectivity index (χ1v) is 26.7. The normalized spacial score (nSPS) is 11.9. The van der Waals surface area contributed by atoms with Gasteiger partial charge in [0, 0.05) is 38.3 Å². The standard InChI is InChI=1S/C68H46N2OSi/c1-6-20-47(21-7-1)51-36-39-64-62(45-51)67-59-34-16-17-35-63(59)70(68(67)69(64)53-25-8-2-9-26-53)54-38-41-66-61(46-54)60-44-52(37-40-65(60)71-66)49-23-18-22-48(42-49)50-24-19-33-58(43-50)72(55-27-10-3-11-28-55,56-29-12-4-13-30-56)57-31-14-5-15-32-57/h1-46H. The van der Waals surface area contributed by atoms with E-state index in [2.05, 4.69) is 288 Å². The Bertz CT molecular complexity index is 4210. The van der Waals surface area contributed by atoms with Gasteiger partial charge in [0.15, 0.2) is 8.07 Å². The average Bonchev–Trinajstić information content (AvgIpc) is 4.11. The van der Waals surface area contributed by atoms with Crippen molar-refractivity contribution in [1.82, 2.24) is 9.13 Å². The van der Waals surface area contributed by atoms with Gasteiger partial charge in [-0.25, -0.2) is 0 Å². The molecule has 0 spiro atoms. The largest absolute Gasteiger partial charge is 0.456 e. The van der Waals surface area contributed by atoms with Gasteiger partial charge in [-0.15, -0.1) is 0 Å². The third-order valence-electron chi connectivity index (χ3n) is 14.8. The van der Waals surface area contributed by atoms with Crippen molar-refractivity contribution in [2.75, 3.05) is 0 Å². The molecule has 0 amide bonds. The number of nitrogens with zero attached hydrogens (tertiary/aromatic N) is 2. The second-order valence-corrected chi connectivity index (χ2v) is 22.6. The highest BCUT2D eigenvalue weighted by molar-refractivity contribution is 7.19. The van der Waals surface area contributed by atoms with Crippen LogP contribution in [0.25, 0.3) is 99.5 Å². The summed E-state index contributed by atoms with van der Waals surface area (Å²) in [5, 5.41) is 11.3. The Morgan fingerprint density at radius 2 is 0.708 bits per heavy atom. The second kappa shape index (κ2) is 17.0. The van der Waals surface area contributed by atoms with Crippen molar-refractivity contribution < 1.29 is 4.42 Å². The predicted octanol–water partition coefficient (Wildman–Crippen LogP) is 15.0. The van der Waals surface area contributed by atoms with E-state index in [-0.39, 0.29) is 0 Å². The molecule has 0 atom stereocenters. The van der Waals surface area contributed by atoms with Crippen LogP contribution in [0.15, 0.2) is 283 Å². The van der Waals surface area contributed by atoms with Gasteiger partial charge in [0.25, 0.3) is 0 Å². The van der Waals surface area contributed by atoms with E-state index < -0.39 is 8.07 Å². The maximum atomic E-state index is 6.62. The molecule has 3 heterocycles. The van der Waals surface area contributed by atoms with Crippen LogP contribution in [0.5, 0.6) is 0 Å². The molecule has 0 aliphatic heterocycles. The molecule has 14 aromatic rings. The van der Waals surface area contributed by atoms with Gasteiger partial charge >= 0.3 is 0 Å². The molecule has 72 heavy (non-hydrogen) atoms. The van der Waals surface area contributed by atoms with Crippen molar-refractivity contribution in [3.05, 3.63) is 279 Å². The predicted molar refractivity (Wildman–Crippen MR) is 305 cm³/mol. The summed E-state index contributed by atoms with van der Waals surface area (Å²) in [5.41, 5.74) is 14.5. The summed E-state index contributed by atoms with van der Waals surface area (Å²) in [6.07, 6.45) is 0. The molecule has 0 unspecified atom stereocenters. The van der Waals surface area contributed by atoms with Crippen LogP contribution in [0.1, 0.15) is 0 Å². The van der Waals surface area contributed by atoms with E-state index in [1.807, 2.05) is 0 Å². The number of para-hydroxylation sites is 2. The van der Waals surface area contributed by atoms with Crippen molar-refractivity contribution in [2.45, 2.75) is 0 Å². The van der Waals surface area contributed by atoms with Gasteiger partial charge in [-0.05, 0) is 121 Å². The van der Waals surface area contributed by atoms with Gasteiger partial charge in [0.2, 0.25) is 0 Å². The number of hydrogen-bond acceptors (Lipinski definition) is 1. The summed E-state index contributed by atoms with van der Waals surface area (Å²) < 4.78 is 11.5. The maximum absolute atomic E-state index is 6.62. The Hall–Kier alpha value is -9.22. The van der Waals surface area contributed by atoms with Gasteiger partial charge in [0.05, 0.1) is 11.0 Å². The number of benzene rings is 11. The summed E-state index contributed by atoms with van der Waals surface area (Å²) >= 11 is 0. The van der Waals surface area contributed by atoms with E-state index in [4.69, 9.17) is 4.42 Å². The summed E-state index contributed by atoms with van der Waals surface area (Å²) in [4.78, 5) is 0. The fourth-order valence-corrected chi connectivity index (χ4v) is 16.4. The molecule has 3 aromatic heterocycles. The zero-order chi connectivity index (χ0) is 47.6. The quantitative estimate of drug-likeness (QED) is 0.104. The molecule has 4 heteroatoms. The fourth-order valence-electron chi connectivity index (χ4n) is 11.6. The summed E-state index contributed by atoms with van der Waals surface area (Å²) in [6.45, 7) is 0. The smallest absolute Gasteiger partial charge is 0.179 e. The molecular weight excluding hydrogens is 889 g/mol. The molecule has 0 radical (unpaired) electrons. The van der Waals surface area contributed by atoms with Crippen LogP contribution >= 0.6 is 0 Å². The van der Waals surface area contributed by atoms with Crippen LogP contribution in [0.4, 0.5) is 0 Å². The minimum atomic E-state index is -2.70. The molecule has 3 nitrogen and oxygen atoms in total. The molecule has 0 fully saturated rings. The molecule has 338 valence electrons. The van der Waals surface area contributed by atoms with Crippen LogP contribution in [0, 0.1) is 0 Å². The van der Waals surface area contributed by atoms with Crippen molar-refractivity contribution >= 4 is 83.6 Å². The third-order valence-corrected chi connectivity index (χ3v) is 19.6. The molecular formula is C68H46N2OSi. The average molecular weight is 935 g/mol. The molecule has 0 saturated carbocycles. The Labute approximate surface area is 418 Å². The lowest BCUT2D eigenvalue weighted by Gasteiger charge is -2.34. The van der Waals surface area contributed by atoms with Crippen LogP contribution in [0.3, 0.4) is 0 Å². The molecule has 14 rings (SSSR count). The molecule has 0 aliphatic carbocycles. The Morgan fingerprint density at radius 1 is 0.264 bits per heavy atom. The number of furan rings is 1. The van der Waals surface area contributed by atoms with Gasteiger partial charge < -0.3 is 4.42 Å². The third kappa shape index (κ3) is 6.65. The molecule has 0 N–H and O–H groups in total. The fraction of sp³-hybridized carbons (Fsp3) is 0. The van der Waals surface area contributed by atoms with Gasteiger partial charge in [-0.1, -0.05) is 212 Å². The molecule has 11 aromatic carbocycles. The molecule has 0 bridgehead atoms. The lowest BCUT2D eigenvalue weighted by Crippen LogP contribution is -2.74. The Morgan fingerprint density at radius 3 is 1.38 bits per heavy atom. The van der Waals surface area contributed by atoms with E-state index >= 15 is 0 Å². The highest BCUT2D eigenvalue weighted by Gasteiger charge is 2.41. The number of fused-ring (bicyclic) bond motifs is 8. The lowest BCUT2D eigenvalue weighted by atomic mass is 9.98. The minimum absolute atomic E-state index is 0.864. The SMILES string of the molecule is c1ccc(-c2ccc3c(c2)c2c4ccccc4n(-c4ccc5oc6ccc(-c7cccc(-c8cccc([Si](c9ccccc9)(c9ccccc9)c9ccccc9)c8)c7)cc6c5c4)c2n3-c2ccccc2)cc1. The summed E-state index contributed by atoms with van der Waals surface area (Å²) in [6, 6.07) is 102. The number of aromatic nitrogens is 2. The van der Waals surface area contributed by atoms with E-state index in [1.54, 1.807) is 0 Å². The lowest BCUT2D eigenvalue weighted by molar-refractivity contribution is 0.669. The zero-order valence-electron chi connectivity index (χ0n) is 39.4. The Kier molecular flexibility index (Phi) is 9.87. The topological polar surface area (TPSA) is 23.0 Å². The van der Waals surface area contributed by atoms with E-state index in [0.717, 1.165) is 55.6 Å². The highest BCUT2D eigenvalue weighted by Crippen LogP contribution is 2.43. The Balaban J connectivity index is 0.910. The highest BCUT2D eigenvalue weighted by atomic mass is 28.3. The van der Waals surface area contributed by atoms with Crippen LogP contribution < -0.4 is 20.7 Å². The second-order valence-electron chi connectivity index (χ2n) is 18.8. The summed E-state index contributed by atoms with van der Waals surface area (Å²) in [7, 11) is -2.70. The van der Waals surface area contributed by atoms with E-state index in [1.165, 1.54) is 64.7 Å². The van der Waals surface area contributed by atoms with Gasteiger partial charge in [-0.3, -0.25) is 9.13 Å². The van der Waals surface area contributed by atoms with Crippen LogP contribution in [-0.4, -0.2) is 17.2 Å². The summed E-state index contributed by atoms with van der Waals surface area (Å²) in [5.74, 6) is 0. The molecule has 0 aliphatic rings. The first kappa shape index (κ1) is 41.7. The van der Waals surface area contributed by atoms with Crippen LogP contribution in [-0.2, 0) is 0 Å². The van der Waals surface area contributed by atoms with Crippen LogP contribution in [0.2, 0.25) is 0 Å². The molecule has 0 saturated heterocycles. The number of hydrogen-bond donors (Lipinski definition) is 0. The number of rotatable bonds is 9. The van der Waals surface area contributed by atoms with Crippen molar-refractivity contribution in [2.24, 2.45) is 0 Å². The first-order chi connectivity index (χ1) is 35.7. The van der Waals surface area contributed by atoms with Crippen molar-refractivity contribution in [3.63, 3.8) is 0 Å². The zero-order valence-corrected chi connectivity index (χ0v) is 40.4.